The highest BCUT2D eigenvalue weighted by atomic mass is 79.9. The number of ether oxygens (including phenoxy) is 1. The molecule has 0 aliphatic rings. The van der Waals surface area contributed by atoms with Crippen LogP contribution in [0.3, 0.4) is 0 Å². The fourth-order valence-corrected chi connectivity index (χ4v) is 1.69. The van der Waals surface area contributed by atoms with Crippen LogP contribution in [0.25, 0.3) is 0 Å². The van der Waals surface area contributed by atoms with Crippen molar-refractivity contribution in [2.45, 2.75) is 6.92 Å². The first kappa shape index (κ1) is 11.4. The monoisotopic (exact) mass is 297 g/mol. The van der Waals surface area contributed by atoms with Crippen LogP contribution >= 0.6 is 27.5 Å². The maximum Gasteiger partial charge on any atom is 0.220 e. The first-order valence-electron chi connectivity index (χ1n) is 4.72. The topological polar surface area (TPSA) is 22.1 Å². The summed E-state index contributed by atoms with van der Waals surface area (Å²) in [7, 11) is 0. The molecular weight excluding hydrogens is 289 g/mol. The molecule has 0 N–H and O–H groups in total. The average molecular weight is 299 g/mol. The lowest BCUT2D eigenvalue weighted by molar-refractivity contribution is 0.461. The van der Waals surface area contributed by atoms with Crippen LogP contribution in [0.4, 0.5) is 0 Å². The van der Waals surface area contributed by atoms with Gasteiger partial charge in [-0.25, -0.2) is 4.98 Å². The Morgan fingerprint density at radius 2 is 2.06 bits per heavy atom. The Kier molecular flexibility index (Phi) is 3.46. The van der Waals surface area contributed by atoms with Gasteiger partial charge >= 0.3 is 0 Å². The Hall–Kier alpha value is -1.06. The summed E-state index contributed by atoms with van der Waals surface area (Å²) in [4.78, 5) is 4.18. The molecular formula is C12H9BrClNO. The Balaban J connectivity index is 2.24. The molecule has 0 amide bonds. The van der Waals surface area contributed by atoms with Crippen molar-refractivity contribution in [1.82, 2.24) is 4.98 Å². The minimum absolute atomic E-state index is 0.552. The normalized spacial score (nSPS) is 10.2. The summed E-state index contributed by atoms with van der Waals surface area (Å²) in [6.07, 6.45) is 0. The number of aryl methyl sites for hydroxylation is 1. The van der Waals surface area contributed by atoms with Gasteiger partial charge in [-0.05, 0) is 52.7 Å². The van der Waals surface area contributed by atoms with Gasteiger partial charge < -0.3 is 4.74 Å². The minimum Gasteiger partial charge on any atom is -0.439 e. The van der Waals surface area contributed by atoms with E-state index in [9.17, 15) is 0 Å². The number of aromatic nitrogens is 1. The second-order valence-electron chi connectivity index (χ2n) is 3.31. The lowest BCUT2D eigenvalue weighted by atomic mass is 10.2. The SMILES string of the molecule is Cc1cc(Oc2cccc(Br)n2)ccc1Cl. The molecule has 0 unspecified atom stereocenters. The molecule has 82 valence electrons. The molecule has 0 aliphatic heterocycles. The Bertz CT molecular complexity index is 516. The highest BCUT2D eigenvalue weighted by Crippen LogP contribution is 2.25. The highest BCUT2D eigenvalue weighted by Gasteiger charge is 2.01. The maximum atomic E-state index is 5.93. The summed E-state index contributed by atoms with van der Waals surface area (Å²) >= 11 is 9.22. The predicted molar refractivity (Wildman–Crippen MR) is 68.2 cm³/mol. The van der Waals surface area contributed by atoms with Crippen molar-refractivity contribution in [3.63, 3.8) is 0 Å². The van der Waals surface area contributed by atoms with Crippen LogP contribution in [0.2, 0.25) is 5.02 Å². The van der Waals surface area contributed by atoms with Crippen LogP contribution in [0.15, 0.2) is 41.0 Å². The highest BCUT2D eigenvalue weighted by molar-refractivity contribution is 9.10. The molecule has 0 radical (unpaired) electrons. The largest absolute Gasteiger partial charge is 0.439 e. The molecule has 1 aromatic heterocycles. The summed E-state index contributed by atoms with van der Waals surface area (Å²) in [6.45, 7) is 1.93. The van der Waals surface area contributed by atoms with Crippen molar-refractivity contribution in [2.75, 3.05) is 0 Å². The number of benzene rings is 1. The third kappa shape index (κ3) is 2.74. The van der Waals surface area contributed by atoms with E-state index < -0.39 is 0 Å². The van der Waals surface area contributed by atoms with Crippen molar-refractivity contribution in [3.05, 3.63) is 51.6 Å². The molecule has 0 fully saturated rings. The Morgan fingerprint density at radius 1 is 1.25 bits per heavy atom. The molecule has 0 saturated heterocycles. The molecule has 1 heterocycles. The molecule has 0 aliphatic carbocycles. The standard InChI is InChI=1S/C12H9BrClNO/c1-8-7-9(5-6-10(8)14)16-12-4-2-3-11(13)15-12/h2-7H,1H3. The fraction of sp³-hybridized carbons (Fsp3) is 0.0833. The van der Waals surface area contributed by atoms with E-state index in [0.29, 0.717) is 5.88 Å². The van der Waals surface area contributed by atoms with Gasteiger partial charge in [0.1, 0.15) is 10.4 Å². The minimum atomic E-state index is 0.552. The number of hydrogen-bond donors (Lipinski definition) is 0. The van der Waals surface area contributed by atoms with Crippen LogP contribution in [0, 0.1) is 6.92 Å². The molecule has 2 rings (SSSR count). The zero-order valence-electron chi connectivity index (χ0n) is 8.58. The Morgan fingerprint density at radius 3 is 2.75 bits per heavy atom. The summed E-state index contributed by atoms with van der Waals surface area (Å²) in [6, 6.07) is 11.0. The first-order valence-corrected chi connectivity index (χ1v) is 5.89. The van der Waals surface area contributed by atoms with Gasteiger partial charge in [-0.15, -0.1) is 0 Å². The fourth-order valence-electron chi connectivity index (χ4n) is 1.25. The second-order valence-corrected chi connectivity index (χ2v) is 4.53. The summed E-state index contributed by atoms with van der Waals surface area (Å²) in [5.74, 6) is 1.28. The number of pyridine rings is 1. The molecule has 2 aromatic rings. The van der Waals surface area contributed by atoms with Gasteiger partial charge in [-0.1, -0.05) is 17.7 Å². The molecule has 0 spiro atoms. The van der Waals surface area contributed by atoms with Gasteiger partial charge in [0.2, 0.25) is 5.88 Å². The maximum absolute atomic E-state index is 5.93. The van der Waals surface area contributed by atoms with Crippen LogP contribution in [-0.4, -0.2) is 4.98 Å². The second kappa shape index (κ2) is 4.85. The van der Waals surface area contributed by atoms with E-state index in [1.807, 2.05) is 37.3 Å². The molecule has 2 nitrogen and oxygen atoms in total. The first-order chi connectivity index (χ1) is 7.65. The van der Waals surface area contributed by atoms with Gasteiger partial charge in [0.05, 0.1) is 0 Å². The predicted octanol–water partition coefficient (Wildman–Crippen LogP) is 4.60. The smallest absolute Gasteiger partial charge is 0.220 e. The van der Waals surface area contributed by atoms with Crippen LogP contribution in [0.1, 0.15) is 5.56 Å². The summed E-state index contributed by atoms with van der Waals surface area (Å²) in [5, 5.41) is 0.731. The molecule has 16 heavy (non-hydrogen) atoms. The third-order valence-corrected chi connectivity index (χ3v) is 2.91. The van der Waals surface area contributed by atoms with Crippen molar-refractivity contribution in [2.24, 2.45) is 0 Å². The lowest BCUT2D eigenvalue weighted by Crippen LogP contribution is -1.88. The summed E-state index contributed by atoms with van der Waals surface area (Å²) in [5.41, 5.74) is 0.981. The molecule has 0 saturated carbocycles. The van der Waals surface area contributed by atoms with E-state index in [0.717, 1.165) is 20.9 Å². The third-order valence-electron chi connectivity index (χ3n) is 2.04. The number of hydrogen-bond acceptors (Lipinski definition) is 2. The van der Waals surface area contributed by atoms with Crippen LogP contribution < -0.4 is 4.74 Å². The molecule has 0 atom stereocenters. The van der Waals surface area contributed by atoms with Crippen molar-refractivity contribution >= 4 is 27.5 Å². The van der Waals surface area contributed by atoms with Crippen molar-refractivity contribution in [1.29, 1.82) is 0 Å². The van der Waals surface area contributed by atoms with Crippen LogP contribution in [0.5, 0.6) is 11.6 Å². The quantitative estimate of drug-likeness (QED) is 0.756. The van der Waals surface area contributed by atoms with E-state index in [-0.39, 0.29) is 0 Å². The van der Waals surface area contributed by atoms with Gasteiger partial charge in [0.15, 0.2) is 0 Å². The van der Waals surface area contributed by atoms with Gasteiger partial charge in [0, 0.05) is 11.1 Å². The number of rotatable bonds is 2. The lowest BCUT2D eigenvalue weighted by Gasteiger charge is -2.06. The zero-order valence-corrected chi connectivity index (χ0v) is 10.9. The van der Waals surface area contributed by atoms with Gasteiger partial charge in [-0.2, -0.15) is 0 Å². The van der Waals surface area contributed by atoms with Crippen molar-refractivity contribution in [3.8, 4) is 11.6 Å². The van der Waals surface area contributed by atoms with E-state index in [2.05, 4.69) is 20.9 Å². The molecule has 4 heteroatoms. The number of halogens is 2. The zero-order chi connectivity index (χ0) is 11.5. The summed E-state index contributed by atoms with van der Waals surface area (Å²) < 4.78 is 6.34. The molecule has 0 bridgehead atoms. The average Bonchev–Trinajstić information content (AvgIpc) is 2.24. The van der Waals surface area contributed by atoms with E-state index in [1.54, 1.807) is 6.07 Å². The Labute approximate surface area is 107 Å². The van der Waals surface area contributed by atoms with E-state index in [4.69, 9.17) is 16.3 Å². The van der Waals surface area contributed by atoms with Crippen molar-refractivity contribution < 1.29 is 4.74 Å². The van der Waals surface area contributed by atoms with Gasteiger partial charge in [0.25, 0.3) is 0 Å². The van der Waals surface area contributed by atoms with Crippen LogP contribution in [-0.2, 0) is 0 Å². The molecule has 1 aromatic carbocycles. The van der Waals surface area contributed by atoms with Gasteiger partial charge in [-0.3, -0.25) is 0 Å². The van der Waals surface area contributed by atoms with E-state index in [1.165, 1.54) is 0 Å². The number of nitrogens with zero attached hydrogens (tertiary/aromatic N) is 1. The van der Waals surface area contributed by atoms with E-state index >= 15 is 0 Å².